The van der Waals surface area contributed by atoms with Crippen LogP contribution < -0.4 is 0 Å². The fraction of sp³-hybridized carbons (Fsp3) is 0.819. The lowest BCUT2D eigenvalue weighted by atomic mass is 10.0. The van der Waals surface area contributed by atoms with Crippen LogP contribution in [0, 0.1) is 0 Å². The van der Waals surface area contributed by atoms with E-state index in [1.165, 1.54) is 231 Å². The third-order valence-corrected chi connectivity index (χ3v) is 15.3. The highest BCUT2D eigenvalue weighted by Crippen LogP contribution is 2.18. The van der Waals surface area contributed by atoms with E-state index >= 15 is 0 Å². The first-order valence-corrected chi connectivity index (χ1v) is 34.3. The summed E-state index contributed by atoms with van der Waals surface area (Å²) >= 11 is 0. The quantitative estimate of drug-likeness (QED) is 0.0261. The first kappa shape index (κ1) is 75.1. The van der Waals surface area contributed by atoms with Gasteiger partial charge in [0.2, 0.25) is 0 Å². The van der Waals surface area contributed by atoms with E-state index in [4.69, 9.17) is 14.2 Å². The molecule has 0 saturated carbocycles. The van der Waals surface area contributed by atoms with Crippen LogP contribution in [0.3, 0.4) is 0 Å². The van der Waals surface area contributed by atoms with Crippen LogP contribution in [0.2, 0.25) is 0 Å². The topological polar surface area (TPSA) is 78.9 Å². The molecule has 0 bridgehead atoms. The van der Waals surface area contributed by atoms with E-state index in [2.05, 4.69) is 81.5 Å². The second-order valence-electron chi connectivity index (χ2n) is 23.1. The molecule has 0 aromatic heterocycles. The highest BCUT2D eigenvalue weighted by atomic mass is 16.6. The summed E-state index contributed by atoms with van der Waals surface area (Å²) in [6.45, 7) is 6.52. The lowest BCUT2D eigenvalue weighted by Crippen LogP contribution is -2.30. The van der Waals surface area contributed by atoms with E-state index in [0.29, 0.717) is 19.3 Å². The molecule has 0 N–H and O–H groups in total. The summed E-state index contributed by atoms with van der Waals surface area (Å²) in [6.07, 6.45) is 85.7. The van der Waals surface area contributed by atoms with Crippen molar-refractivity contribution in [3.63, 3.8) is 0 Å². The minimum absolute atomic E-state index is 0.0688. The molecule has 0 spiro atoms. The lowest BCUT2D eigenvalue weighted by molar-refractivity contribution is -0.167. The molecule has 1 atom stereocenters. The number of rotatable bonds is 63. The van der Waals surface area contributed by atoms with Crippen molar-refractivity contribution in [1.29, 1.82) is 0 Å². The Morgan fingerprint density at radius 2 is 0.500 bits per heavy atom. The molecule has 78 heavy (non-hydrogen) atoms. The second kappa shape index (κ2) is 66.6. The maximum absolute atomic E-state index is 12.9. The van der Waals surface area contributed by atoms with Gasteiger partial charge in [0.1, 0.15) is 13.2 Å². The van der Waals surface area contributed by atoms with Crippen LogP contribution in [0.4, 0.5) is 0 Å². The predicted molar refractivity (Wildman–Crippen MR) is 339 cm³/mol. The van der Waals surface area contributed by atoms with Crippen LogP contribution in [0.15, 0.2) is 60.8 Å². The normalized spacial score (nSPS) is 12.4. The van der Waals surface area contributed by atoms with Crippen molar-refractivity contribution >= 4 is 17.9 Å². The third kappa shape index (κ3) is 63.9. The van der Waals surface area contributed by atoms with Gasteiger partial charge < -0.3 is 14.2 Å². The zero-order valence-electron chi connectivity index (χ0n) is 52.2. The molecule has 1 unspecified atom stereocenters. The van der Waals surface area contributed by atoms with Crippen LogP contribution >= 0.6 is 0 Å². The summed E-state index contributed by atoms with van der Waals surface area (Å²) in [5, 5.41) is 0. The van der Waals surface area contributed by atoms with Crippen LogP contribution in [-0.2, 0) is 28.6 Å². The first-order valence-electron chi connectivity index (χ1n) is 34.3. The van der Waals surface area contributed by atoms with Gasteiger partial charge in [-0.1, -0.05) is 338 Å². The summed E-state index contributed by atoms with van der Waals surface area (Å²) in [6, 6.07) is 0. The Kier molecular flexibility index (Phi) is 64.2. The van der Waals surface area contributed by atoms with E-state index in [9.17, 15) is 14.4 Å². The van der Waals surface area contributed by atoms with Crippen LogP contribution in [0.5, 0.6) is 0 Å². The van der Waals surface area contributed by atoms with Crippen molar-refractivity contribution in [3.05, 3.63) is 60.8 Å². The summed E-state index contributed by atoms with van der Waals surface area (Å²) in [5.41, 5.74) is 0. The Hall–Kier alpha value is -2.89. The van der Waals surface area contributed by atoms with Gasteiger partial charge in [0.25, 0.3) is 0 Å². The van der Waals surface area contributed by atoms with Gasteiger partial charge >= 0.3 is 17.9 Å². The number of unbranched alkanes of at least 4 members (excludes halogenated alkanes) is 42. The minimum atomic E-state index is -0.768. The molecule has 6 nitrogen and oxygen atoms in total. The second-order valence-corrected chi connectivity index (χ2v) is 23.1. The van der Waals surface area contributed by atoms with Crippen molar-refractivity contribution in [2.24, 2.45) is 0 Å². The van der Waals surface area contributed by atoms with Gasteiger partial charge in [-0.15, -0.1) is 0 Å². The molecule has 0 radical (unpaired) electrons. The van der Waals surface area contributed by atoms with E-state index in [-0.39, 0.29) is 31.1 Å². The molecule has 0 aliphatic heterocycles. The highest BCUT2D eigenvalue weighted by Gasteiger charge is 2.19. The standard InChI is InChI=1S/C72H130O6/c1-4-7-10-13-16-18-20-22-24-26-28-30-32-33-34-35-36-37-38-39-41-42-44-46-48-50-52-54-56-59-62-65-71(74)77-68-69(67-76-70(73)64-61-58-15-12-9-6-3)78-72(75)66-63-60-57-55-53-51-49-47-45-43-40-31-29-27-25-23-21-19-17-14-11-8-5-2/h7,10,16,18,22,24,28,30,33-34,69H,4-6,8-9,11-15,17,19-21,23,25-27,29,31-32,35-68H2,1-3H3/b10-7-,18-16-,24-22-,30-28-,34-33-. The van der Waals surface area contributed by atoms with Crippen LogP contribution in [0.1, 0.15) is 361 Å². The van der Waals surface area contributed by atoms with Gasteiger partial charge in [-0.05, 0) is 64.2 Å². The predicted octanol–water partition coefficient (Wildman–Crippen LogP) is 23.5. The number of hydrogen-bond donors (Lipinski definition) is 0. The lowest BCUT2D eigenvalue weighted by Gasteiger charge is -2.18. The Morgan fingerprint density at radius 3 is 0.782 bits per heavy atom. The number of ether oxygens (including phenoxy) is 3. The fourth-order valence-corrected chi connectivity index (χ4v) is 10.2. The molecule has 0 saturated heterocycles. The summed E-state index contributed by atoms with van der Waals surface area (Å²) in [7, 11) is 0. The van der Waals surface area contributed by atoms with E-state index in [1.807, 2.05) is 0 Å². The molecule has 0 aliphatic carbocycles. The molecule has 454 valence electrons. The molecule has 0 rings (SSSR count). The van der Waals surface area contributed by atoms with Crippen LogP contribution in [0.25, 0.3) is 0 Å². The zero-order valence-corrected chi connectivity index (χ0v) is 52.2. The minimum Gasteiger partial charge on any atom is -0.462 e. The van der Waals surface area contributed by atoms with Gasteiger partial charge in [0, 0.05) is 19.3 Å². The smallest absolute Gasteiger partial charge is 0.306 e. The molecule has 0 fully saturated rings. The molecule has 0 aromatic rings. The van der Waals surface area contributed by atoms with Gasteiger partial charge in [-0.3, -0.25) is 14.4 Å². The Bertz CT molecular complexity index is 1390. The maximum atomic E-state index is 12.9. The Labute approximate surface area is 485 Å². The first-order chi connectivity index (χ1) is 38.5. The molecule has 0 aliphatic rings. The Balaban J connectivity index is 3.99. The number of hydrogen-bond acceptors (Lipinski definition) is 6. The van der Waals surface area contributed by atoms with Gasteiger partial charge in [0.15, 0.2) is 6.10 Å². The monoisotopic (exact) mass is 1090 g/mol. The van der Waals surface area contributed by atoms with Crippen LogP contribution in [-0.4, -0.2) is 37.2 Å². The van der Waals surface area contributed by atoms with Crippen molar-refractivity contribution < 1.29 is 28.6 Å². The number of carbonyl (C=O) groups excluding carboxylic acids is 3. The van der Waals surface area contributed by atoms with Crippen molar-refractivity contribution in [2.45, 2.75) is 367 Å². The molecule has 6 heteroatoms. The maximum Gasteiger partial charge on any atom is 0.306 e. The molecule has 0 aromatic carbocycles. The summed E-state index contributed by atoms with van der Waals surface area (Å²) < 4.78 is 16.9. The number of carbonyl (C=O) groups is 3. The Morgan fingerprint density at radius 1 is 0.269 bits per heavy atom. The summed E-state index contributed by atoms with van der Waals surface area (Å²) in [4.78, 5) is 38.1. The van der Waals surface area contributed by atoms with Gasteiger partial charge in [-0.25, -0.2) is 0 Å². The highest BCUT2D eigenvalue weighted by molar-refractivity contribution is 5.71. The van der Waals surface area contributed by atoms with E-state index in [1.54, 1.807) is 0 Å². The molecular weight excluding hydrogens is 961 g/mol. The van der Waals surface area contributed by atoms with Gasteiger partial charge in [-0.2, -0.15) is 0 Å². The van der Waals surface area contributed by atoms with Crippen molar-refractivity contribution in [3.8, 4) is 0 Å². The van der Waals surface area contributed by atoms with E-state index in [0.717, 1.165) is 89.9 Å². The average molecular weight is 1090 g/mol. The average Bonchev–Trinajstić information content (AvgIpc) is 3.44. The van der Waals surface area contributed by atoms with Crippen molar-refractivity contribution in [1.82, 2.24) is 0 Å². The molecular formula is C72H130O6. The van der Waals surface area contributed by atoms with Crippen molar-refractivity contribution in [2.75, 3.05) is 13.2 Å². The van der Waals surface area contributed by atoms with Gasteiger partial charge in [0.05, 0.1) is 0 Å². The zero-order chi connectivity index (χ0) is 56.4. The summed E-state index contributed by atoms with van der Waals surface area (Å²) in [5.74, 6) is -0.856. The third-order valence-electron chi connectivity index (χ3n) is 15.3. The fourth-order valence-electron chi connectivity index (χ4n) is 10.2. The number of esters is 3. The van der Waals surface area contributed by atoms with E-state index < -0.39 is 6.10 Å². The largest absolute Gasteiger partial charge is 0.462 e. The number of allylic oxidation sites excluding steroid dienone is 10. The molecule has 0 amide bonds. The SMILES string of the molecule is CC/C=C\C/C=C\C/C=C\C/C=C\C/C=C\CCCCCCCCCCCCCCCCCC(=O)OCC(COC(=O)CCCCCCCC)OC(=O)CCCCCCCCCCCCCCCCCCCCCCCCC. The molecule has 0 heterocycles.